The summed E-state index contributed by atoms with van der Waals surface area (Å²) in [7, 11) is -10.2. The monoisotopic (exact) mass is 724 g/mol. The van der Waals surface area contributed by atoms with Gasteiger partial charge in [0.2, 0.25) is 2.82 Å². The molecule has 0 spiro atoms. The van der Waals surface area contributed by atoms with E-state index in [9.17, 15) is 25.9 Å². The standard InChI is InChI=1S/C32H26Cl2N6O6S2/c33-25-13-17(9-11-23(25)31(47(41,42)43)21-7-3-1-5-19(21)15-27(39-37)29(31)35)18-10-12-24(26(34)14-18)32(48(44,45)46)22-8-4-2-6-20(22)16-28(40-38)30(32)36/h1-16,29-30,37-38H,35-36H2,(H,41,42,43)(H,44,45,46)/b39-37+,40-38+. The molecule has 246 valence electrons. The number of nitrogens with two attached hydrogens (primary N) is 2. The highest BCUT2D eigenvalue weighted by molar-refractivity contribution is 7.87. The van der Waals surface area contributed by atoms with Gasteiger partial charge in [-0.3, -0.25) is 9.11 Å². The van der Waals surface area contributed by atoms with Crippen molar-refractivity contribution in [1.29, 1.82) is 11.0 Å². The fourth-order valence-corrected chi connectivity index (χ4v) is 10.3. The van der Waals surface area contributed by atoms with Gasteiger partial charge < -0.3 is 11.5 Å². The van der Waals surface area contributed by atoms with Gasteiger partial charge in [0.15, 0.2) is 9.49 Å². The summed E-state index contributed by atoms with van der Waals surface area (Å²) in [4.78, 5) is 0. The number of halogens is 2. The van der Waals surface area contributed by atoms with Crippen LogP contribution in [0.2, 0.25) is 12.9 Å². The maximum Gasteiger partial charge on any atom is 0.281 e. The second kappa shape index (κ2) is 11.8. The third-order valence-electron chi connectivity index (χ3n) is 8.96. The SMILES string of the molecule is [H]/N=N/C1=Cc2ccccc2C(c2ccc(-c3ccc(C4(S(=O)(=O)O)c5ccccc5C=C(/N=N/[H])C4N)c(Cl)c3)cc2Cl)(S(=O)(=O)O)C1N. The molecule has 4 atom stereocenters. The number of hydrogen-bond acceptors (Lipinski definition) is 10. The van der Waals surface area contributed by atoms with E-state index in [0.29, 0.717) is 22.3 Å². The van der Waals surface area contributed by atoms with Crippen molar-refractivity contribution in [3.05, 3.63) is 140 Å². The van der Waals surface area contributed by atoms with E-state index in [2.05, 4.69) is 21.3 Å². The predicted molar refractivity (Wildman–Crippen MR) is 182 cm³/mol. The lowest BCUT2D eigenvalue weighted by Gasteiger charge is -2.41. The molecule has 0 fully saturated rings. The molecule has 8 N–H and O–H groups in total. The number of hydrogen-bond donors (Lipinski definition) is 6. The molecular weight excluding hydrogens is 699 g/mol. The summed E-state index contributed by atoms with van der Waals surface area (Å²) in [5.74, 6) is 0. The molecule has 0 bridgehead atoms. The first-order valence-electron chi connectivity index (χ1n) is 14.9. The van der Waals surface area contributed by atoms with Gasteiger partial charge in [-0.1, -0.05) is 96.0 Å². The normalized spacial score (nSPS) is 24.8. The number of benzene rings is 4. The summed E-state index contributed by atoms with van der Waals surface area (Å²) in [5.41, 5.74) is 20.4. The summed E-state index contributed by atoms with van der Waals surface area (Å²) in [5, 5.41) is 7.17. The molecule has 48 heavy (non-hydrogen) atoms. The number of fused-ring (bicyclic) bond motifs is 2. The summed E-state index contributed by atoms with van der Waals surface area (Å²) >= 11 is 13.6. The first-order chi connectivity index (χ1) is 23.6. The van der Waals surface area contributed by atoms with Crippen molar-refractivity contribution in [2.45, 2.75) is 21.6 Å². The van der Waals surface area contributed by atoms with E-state index >= 15 is 0 Å². The van der Waals surface area contributed by atoms with E-state index in [1.165, 1.54) is 60.7 Å². The minimum atomic E-state index is -5.10. The number of nitrogens with one attached hydrogen (secondary N) is 2. The molecule has 0 saturated carbocycles. The van der Waals surface area contributed by atoms with E-state index in [4.69, 9.17) is 37.5 Å². The van der Waals surface area contributed by atoms with Crippen molar-refractivity contribution in [2.75, 3.05) is 0 Å². The molecule has 4 aromatic carbocycles. The molecule has 16 heteroatoms. The largest absolute Gasteiger partial charge is 0.321 e. The van der Waals surface area contributed by atoms with Crippen LogP contribution in [0.1, 0.15) is 33.4 Å². The summed E-state index contributed by atoms with van der Waals surface area (Å²) in [6, 6.07) is 18.2. The van der Waals surface area contributed by atoms with Crippen LogP contribution >= 0.6 is 23.2 Å². The summed E-state index contributed by atoms with van der Waals surface area (Å²) in [6.07, 6.45) is 2.94. The first-order valence-corrected chi connectivity index (χ1v) is 17.7. The lowest BCUT2D eigenvalue weighted by molar-refractivity contribution is 0.423. The maximum atomic E-state index is 13.4. The molecule has 0 heterocycles. The molecule has 12 nitrogen and oxygen atoms in total. The van der Waals surface area contributed by atoms with E-state index in [-0.39, 0.29) is 43.7 Å². The smallest absolute Gasteiger partial charge is 0.281 e. The zero-order valence-corrected chi connectivity index (χ0v) is 27.6. The zero-order chi connectivity index (χ0) is 36.2. The van der Waals surface area contributed by atoms with Gasteiger partial charge in [-0.15, -0.1) is 0 Å². The summed E-state index contributed by atoms with van der Waals surface area (Å²) < 4.78 is 85.1. The molecule has 0 radical (unpaired) electrons. The molecule has 0 saturated heterocycles. The Balaban J connectivity index is 1.52. The lowest BCUT2D eigenvalue weighted by atomic mass is 9.76. The van der Waals surface area contributed by atoms with Crippen LogP contribution in [-0.2, 0) is 29.7 Å². The van der Waals surface area contributed by atoms with Crippen LogP contribution in [0.3, 0.4) is 0 Å². The van der Waals surface area contributed by atoms with Gasteiger partial charge in [-0.2, -0.15) is 27.1 Å². The van der Waals surface area contributed by atoms with Gasteiger partial charge in [0.25, 0.3) is 20.2 Å². The topological polar surface area (TPSA) is 233 Å². The van der Waals surface area contributed by atoms with Crippen molar-refractivity contribution < 1.29 is 28.8 Å². The van der Waals surface area contributed by atoms with Crippen LogP contribution in [-0.4, -0.2) is 38.0 Å². The Morgan fingerprint density at radius 1 is 0.646 bits per heavy atom. The van der Waals surface area contributed by atoms with Gasteiger partial charge in [0.05, 0.1) is 23.5 Å². The van der Waals surface area contributed by atoms with Gasteiger partial charge in [0, 0.05) is 21.2 Å². The van der Waals surface area contributed by atoms with Crippen LogP contribution in [0, 0.1) is 11.0 Å². The predicted octanol–water partition coefficient (Wildman–Crippen LogP) is 6.35. The van der Waals surface area contributed by atoms with Crippen LogP contribution in [0.4, 0.5) is 0 Å². The van der Waals surface area contributed by atoms with Crippen molar-refractivity contribution in [3.63, 3.8) is 0 Å². The van der Waals surface area contributed by atoms with Crippen LogP contribution in [0.25, 0.3) is 23.3 Å². The van der Waals surface area contributed by atoms with Crippen LogP contribution in [0.5, 0.6) is 0 Å². The summed E-state index contributed by atoms with van der Waals surface area (Å²) in [6.45, 7) is 0. The second-order valence-corrected chi connectivity index (χ2v) is 15.3. The zero-order valence-electron chi connectivity index (χ0n) is 26.4. The van der Waals surface area contributed by atoms with Crippen molar-refractivity contribution >= 4 is 55.6 Å². The average molecular weight is 726 g/mol. The molecular formula is C32H26Cl2N6O6S2. The third-order valence-corrected chi connectivity index (χ3v) is 12.6. The average Bonchev–Trinajstić information content (AvgIpc) is 3.05. The van der Waals surface area contributed by atoms with Gasteiger partial charge in [-0.25, -0.2) is 11.0 Å². The highest BCUT2D eigenvalue weighted by atomic mass is 35.5. The Morgan fingerprint density at radius 3 is 1.35 bits per heavy atom. The highest BCUT2D eigenvalue weighted by Crippen LogP contribution is 2.52. The molecule has 0 amide bonds. The molecule has 4 aromatic rings. The Labute approximate surface area is 288 Å². The number of nitrogens with zero attached hydrogens (tertiary/aromatic N) is 2. The fourth-order valence-electron chi connectivity index (χ4n) is 6.85. The van der Waals surface area contributed by atoms with Crippen molar-refractivity contribution in [2.24, 2.45) is 21.7 Å². The molecule has 6 rings (SSSR count). The Morgan fingerprint density at radius 2 is 1.02 bits per heavy atom. The Bertz CT molecular complexity index is 2240. The molecule has 2 aliphatic carbocycles. The first kappa shape index (κ1) is 31.2. The van der Waals surface area contributed by atoms with E-state index in [1.54, 1.807) is 36.4 Å². The molecule has 0 aliphatic heterocycles. The second-order valence-electron chi connectivity index (χ2n) is 11.3. The highest BCUT2D eigenvalue weighted by Gasteiger charge is 2.58. The molecule has 4 unspecified atom stereocenters. The van der Waals surface area contributed by atoms with Gasteiger partial charge >= 0.3 is 0 Å². The van der Waals surface area contributed by atoms with Crippen LogP contribution in [0.15, 0.2) is 107 Å². The minimum Gasteiger partial charge on any atom is -0.321 e. The quantitative estimate of drug-likeness (QED) is 0.0926. The Hall–Kier alpha value is -4.12. The lowest BCUT2D eigenvalue weighted by Crippen LogP contribution is -2.54. The van der Waals surface area contributed by atoms with Crippen molar-refractivity contribution in [1.82, 2.24) is 0 Å². The molecule has 2 aliphatic rings. The fraction of sp³-hybridized carbons (Fsp3) is 0.125. The third kappa shape index (κ3) is 4.71. The van der Waals surface area contributed by atoms with Gasteiger partial charge in [-0.05, 0) is 57.7 Å². The Kier molecular flexibility index (Phi) is 7.65. The van der Waals surface area contributed by atoms with Crippen molar-refractivity contribution in [3.8, 4) is 11.1 Å². The van der Waals surface area contributed by atoms with E-state index in [0.717, 1.165) is 0 Å². The molecule has 0 aromatic heterocycles. The minimum absolute atomic E-state index is 0.0862. The van der Waals surface area contributed by atoms with E-state index in [1.807, 2.05) is 0 Å². The maximum absolute atomic E-state index is 13.4. The number of rotatable bonds is 7. The van der Waals surface area contributed by atoms with E-state index < -0.39 is 41.8 Å². The van der Waals surface area contributed by atoms with Crippen LogP contribution < -0.4 is 11.5 Å². The van der Waals surface area contributed by atoms with Gasteiger partial charge in [0.1, 0.15) is 0 Å².